The van der Waals surface area contributed by atoms with Gasteiger partial charge in [-0.3, -0.25) is 0 Å². The second-order valence-corrected chi connectivity index (χ2v) is 2.71. The molecule has 0 aromatic heterocycles. The number of piperidine rings is 1. The predicted octanol–water partition coefficient (Wildman–Crippen LogP) is -0.0476. The third-order valence-corrected chi connectivity index (χ3v) is 1.84. The Morgan fingerprint density at radius 2 is 2.50 bits per heavy atom. The summed E-state index contributed by atoms with van der Waals surface area (Å²) in [6.45, 7) is 2.73. The molecule has 0 radical (unpaired) electrons. The number of hydrogen-bond acceptors (Lipinski definition) is 3. The van der Waals surface area contributed by atoms with E-state index in [9.17, 15) is 0 Å². The first-order chi connectivity index (χ1) is 4.93. The Labute approximate surface area is 61.4 Å². The zero-order valence-corrected chi connectivity index (χ0v) is 6.18. The van der Waals surface area contributed by atoms with E-state index in [2.05, 4.69) is 5.32 Å². The van der Waals surface area contributed by atoms with Crippen molar-refractivity contribution in [1.82, 2.24) is 5.32 Å². The average molecular weight is 145 g/mol. The van der Waals surface area contributed by atoms with Crippen LogP contribution in [0.5, 0.6) is 0 Å². The zero-order chi connectivity index (χ0) is 7.23. The van der Waals surface area contributed by atoms with Gasteiger partial charge in [-0.2, -0.15) is 0 Å². The van der Waals surface area contributed by atoms with Crippen LogP contribution in [0.3, 0.4) is 0 Å². The summed E-state index contributed by atoms with van der Waals surface area (Å²) in [6, 6.07) is 0. The van der Waals surface area contributed by atoms with Crippen molar-refractivity contribution in [2.45, 2.75) is 12.8 Å². The van der Waals surface area contributed by atoms with Crippen LogP contribution in [-0.2, 0) is 4.74 Å². The predicted molar refractivity (Wildman–Crippen MR) is 38.6 cm³/mol. The van der Waals surface area contributed by atoms with Crippen LogP contribution in [0.1, 0.15) is 12.8 Å². The normalized spacial score (nSPS) is 26.7. The van der Waals surface area contributed by atoms with Gasteiger partial charge in [-0.15, -0.1) is 0 Å². The number of ether oxygens (including phenoxy) is 1. The molecule has 1 atom stereocenters. The van der Waals surface area contributed by atoms with E-state index in [1.54, 1.807) is 0 Å². The lowest BCUT2D eigenvalue weighted by Crippen LogP contribution is -2.32. The number of nitrogens with one attached hydrogen (secondary N) is 1. The van der Waals surface area contributed by atoms with Crippen molar-refractivity contribution in [3.63, 3.8) is 0 Å². The fourth-order valence-corrected chi connectivity index (χ4v) is 1.29. The minimum Gasteiger partial charge on any atom is -0.371 e. The van der Waals surface area contributed by atoms with Crippen LogP contribution in [0, 0.1) is 5.92 Å². The lowest BCUT2D eigenvalue weighted by Gasteiger charge is -2.21. The maximum absolute atomic E-state index is 8.35. The summed E-state index contributed by atoms with van der Waals surface area (Å²) in [5.41, 5.74) is 0. The van der Waals surface area contributed by atoms with Crippen LogP contribution in [-0.4, -0.2) is 31.6 Å². The number of aliphatic hydroxyl groups is 1. The Hall–Kier alpha value is -0.120. The van der Waals surface area contributed by atoms with Crippen molar-refractivity contribution < 1.29 is 9.84 Å². The molecule has 3 heteroatoms. The van der Waals surface area contributed by atoms with Crippen LogP contribution < -0.4 is 5.32 Å². The molecule has 1 saturated heterocycles. The van der Waals surface area contributed by atoms with Crippen molar-refractivity contribution in [3.8, 4) is 0 Å². The minimum absolute atomic E-state index is 0.142. The van der Waals surface area contributed by atoms with Crippen LogP contribution in [0.4, 0.5) is 0 Å². The molecule has 1 fully saturated rings. The van der Waals surface area contributed by atoms with Gasteiger partial charge in [0.25, 0.3) is 0 Å². The van der Waals surface area contributed by atoms with Crippen molar-refractivity contribution in [1.29, 1.82) is 0 Å². The third kappa shape index (κ3) is 2.64. The molecule has 1 aliphatic heterocycles. The molecule has 60 valence electrons. The van der Waals surface area contributed by atoms with Crippen LogP contribution >= 0.6 is 0 Å². The fourth-order valence-electron chi connectivity index (χ4n) is 1.29. The summed E-state index contributed by atoms with van der Waals surface area (Å²) in [5.74, 6) is 0.612. The SMILES string of the molecule is OCOCC1CCCNC1. The smallest absolute Gasteiger partial charge is 0.143 e. The quantitative estimate of drug-likeness (QED) is 0.547. The highest BCUT2D eigenvalue weighted by Crippen LogP contribution is 2.09. The van der Waals surface area contributed by atoms with Crippen LogP contribution in [0.25, 0.3) is 0 Å². The van der Waals surface area contributed by atoms with Gasteiger partial charge >= 0.3 is 0 Å². The molecule has 10 heavy (non-hydrogen) atoms. The maximum atomic E-state index is 8.35. The van der Waals surface area contributed by atoms with E-state index in [4.69, 9.17) is 9.84 Å². The largest absolute Gasteiger partial charge is 0.371 e. The molecule has 3 nitrogen and oxygen atoms in total. The molecular weight excluding hydrogens is 130 g/mol. The molecule has 0 aliphatic carbocycles. The van der Waals surface area contributed by atoms with Gasteiger partial charge in [-0.1, -0.05) is 0 Å². The second-order valence-electron chi connectivity index (χ2n) is 2.71. The van der Waals surface area contributed by atoms with Crippen molar-refractivity contribution in [2.24, 2.45) is 5.92 Å². The second kappa shape index (κ2) is 4.66. The van der Waals surface area contributed by atoms with E-state index in [0.717, 1.165) is 13.1 Å². The van der Waals surface area contributed by atoms with Crippen molar-refractivity contribution in [3.05, 3.63) is 0 Å². The number of aliphatic hydroxyl groups excluding tert-OH is 1. The Bertz CT molecular complexity index is 81.7. The van der Waals surface area contributed by atoms with Crippen molar-refractivity contribution >= 4 is 0 Å². The first-order valence-electron chi connectivity index (χ1n) is 3.83. The molecule has 2 N–H and O–H groups in total. The first kappa shape index (κ1) is 7.98. The van der Waals surface area contributed by atoms with Gasteiger partial charge < -0.3 is 15.2 Å². The molecule has 1 heterocycles. The number of hydrogen-bond donors (Lipinski definition) is 2. The number of rotatable bonds is 3. The molecule has 0 aromatic rings. The van der Waals surface area contributed by atoms with E-state index < -0.39 is 0 Å². The topological polar surface area (TPSA) is 41.5 Å². The zero-order valence-electron chi connectivity index (χ0n) is 6.18. The average Bonchev–Trinajstić information content (AvgIpc) is 2.03. The lowest BCUT2D eigenvalue weighted by atomic mass is 10.0. The van der Waals surface area contributed by atoms with E-state index in [1.165, 1.54) is 12.8 Å². The molecule has 1 aliphatic rings. The molecule has 0 spiro atoms. The summed E-state index contributed by atoms with van der Waals surface area (Å²) in [6.07, 6.45) is 2.46. The van der Waals surface area contributed by atoms with Gasteiger partial charge in [0.1, 0.15) is 6.79 Å². The standard InChI is InChI=1S/C7H15NO2/c9-6-10-5-7-2-1-3-8-4-7/h7-9H,1-6H2. The highest BCUT2D eigenvalue weighted by molar-refractivity contribution is 4.67. The van der Waals surface area contributed by atoms with Crippen LogP contribution in [0.15, 0.2) is 0 Å². The third-order valence-electron chi connectivity index (χ3n) is 1.84. The summed E-state index contributed by atoms with van der Waals surface area (Å²) >= 11 is 0. The lowest BCUT2D eigenvalue weighted by molar-refractivity contribution is -0.0204. The molecule has 0 amide bonds. The molecule has 1 unspecified atom stereocenters. The maximum Gasteiger partial charge on any atom is 0.143 e. The first-order valence-corrected chi connectivity index (χ1v) is 3.83. The summed E-state index contributed by atoms with van der Waals surface area (Å²) in [5, 5.41) is 11.6. The van der Waals surface area contributed by atoms with Crippen LogP contribution in [0.2, 0.25) is 0 Å². The summed E-state index contributed by atoms with van der Waals surface area (Å²) < 4.78 is 4.89. The summed E-state index contributed by atoms with van der Waals surface area (Å²) in [7, 11) is 0. The van der Waals surface area contributed by atoms with E-state index in [1.807, 2.05) is 0 Å². The Morgan fingerprint density at radius 1 is 1.60 bits per heavy atom. The van der Waals surface area contributed by atoms with E-state index in [0.29, 0.717) is 12.5 Å². The minimum atomic E-state index is -0.142. The molecular formula is C7H15NO2. The van der Waals surface area contributed by atoms with Gasteiger partial charge in [0.05, 0.1) is 6.61 Å². The molecule has 0 bridgehead atoms. The van der Waals surface area contributed by atoms with Gasteiger partial charge in [-0.25, -0.2) is 0 Å². The summed E-state index contributed by atoms with van der Waals surface area (Å²) in [4.78, 5) is 0. The molecule has 1 rings (SSSR count). The van der Waals surface area contributed by atoms with Gasteiger partial charge in [0, 0.05) is 6.54 Å². The van der Waals surface area contributed by atoms with Crippen molar-refractivity contribution in [2.75, 3.05) is 26.5 Å². The fraction of sp³-hybridized carbons (Fsp3) is 1.00. The van der Waals surface area contributed by atoms with Gasteiger partial charge in [0.2, 0.25) is 0 Å². The van der Waals surface area contributed by atoms with Gasteiger partial charge in [0.15, 0.2) is 0 Å². The van der Waals surface area contributed by atoms with E-state index in [-0.39, 0.29) is 6.79 Å². The molecule has 0 aromatic carbocycles. The Kier molecular flexibility index (Phi) is 3.72. The monoisotopic (exact) mass is 145 g/mol. The van der Waals surface area contributed by atoms with E-state index >= 15 is 0 Å². The Morgan fingerprint density at radius 3 is 3.10 bits per heavy atom. The Balaban J connectivity index is 2.02. The highest BCUT2D eigenvalue weighted by atomic mass is 16.6. The highest BCUT2D eigenvalue weighted by Gasteiger charge is 2.11. The molecule has 0 saturated carbocycles. The van der Waals surface area contributed by atoms with Gasteiger partial charge in [-0.05, 0) is 25.3 Å².